The highest BCUT2D eigenvalue weighted by atomic mass is 16.6. The second-order valence-corrected chi connectivity index (χ2v) is 3.05. The number of nitrogens with one attached hydrogen (secondary N) is 1. The van der Waals surface area contributed by atoms with Crippen LogP contribution in [0.25, 0.3) is 17.3 Å². The molecule has 0 radical (unpaired) electrons. The quantitative estimate of drug-likeness (QED) is 0.388. The van der Waals surface area contributed by atoms with Crippen molar-refractivity contribution in [1.82, 2.24) is 45.4 Å². The van der Waals surface area contributed by atoms with Crippen LogP contribution in [0.2, 0.25) is 0 Å². The predicted octanol–water partition coefficient (Wildman–Crippen LogP) is -1.81. The van der Waals surface area contributed by atoms with Crippen molar-refractivity contribution >= 4 is 17.5 Å². The summed E-state index contributed by atoms with van der Waals surface area (Å²) in [6, 6.07) is 0. The minimum absolute atomic E-state index is 0.0259. The monoisotopic (exact) mass is 249 g/mol. The molecule has 13 nitrogen and oxygen atoms in total. The summed E-state index contributed by atoms with van der Waals surface area (Å²) in [5.74, 6) is -0.644. The molecule has 3 rings (SSSR count). The van der Waals surface area contributed by atoms with E-state index < -0.39 is 10.9 Å². The second-order valence-electron chi connectivity index (χ2n) is 3.05. The Labute approximate surface area is 96.2 Å². The van der Waals surface area contributed by atoms with Gasteiger partial charge in [0.15, 0.2) is 11.5 Å². The molecular weight excluding hydrogens is 246 g/mol. The lowest BCUT2D eigenvalue weighted by Gasteiger charge is -1.96. The fourth-order valence-electron chi connectivity index (χ4n) is 1.26. The first-order chi connectivity index (χ1) is 8.66. The van der Waals surface area contributed by atoms with E-state index >= 15 is 0 Å². The third-order valence-electron chi connectivity index (χ3n) is 2.01. The first-order valence-corrected chi connectivity index (χ1v) is 4.44. The molecule has 0 saturated carbocycles. The molecule has 13 heteroatoms. The standard InChI is InChI=1S/C5H3N11O2/c6-2-1(3-9-13-14-10-3)8-11-4-7-5(16(17)18)12-15(2)4/h6H2,(H,9,10,13,14). The summed E-state index contributed by atoms with van der Waals surface area (Å²) >= 11 is 0. The van der Waals surface area contributed by atoms with E-state index in [-0.39, 0.29) is 23.1 Å². The van der Waals surface area contributed by atoms with E-state index in [1.807, 2.05) is 0 Å². The minimum atomic E-state index is -0.762. The molecule has 0 aliphatic carbocycles. The highest BCUT2D eigenvalue weighted by Gasteiger charge is 2.23. The van der Waals surface area contributed by atoms with E-state index in [4.69, 9.17) is 5.73 Å². The third kappa shape index (κ3) is 1.30. The molecule has 90 valence electrons. The Morgan fingerprint density at radius 2 is 2.17 bits per heavy atom. The zero-order chi connectivity index (χ0) is 12.7. The van der Waals surface area contributed by atoms with Crippen molar-refractivity contribution in [2.75, 3.05) is 5.73 Å². The van der Waals surface area contributed by atoms with Gasteiger partial charge >= 0.3 is 11.7 Å². The highest BCUT2D eigenvalue weighted by Crippen LogP contribution is 2.18. The van der Waals surface area contributed by atoms with Crippen LogP contribution in [-0.2, 0) is 0 Å². The molecule has 3 aromatic heterocycles. The van der Waals surface area contributed by atoms with Gasteiger partial charge in [-0.15, -0.1) is 15.3 Å². The Morgan fingerprint density at radius 3 is 2.83 bits per heavy atom. The van der Waals surface area contributed by atoms with Gasteiger partial charge in [0, 0.05) is 5.10 Å². The number of nitrogens with two attached hydrogens (primary N) is 1. The Balaban J connectivity index is 2.26. The van der Waals surface area contributed by atoms with Gasteiger partial charge < -0.3 is 15.8 Å². The molecule has 3 heterocycles. The summed E-state index contributed by atoms with van der Waals surface area (Å²) in [6.45, 7) is 0. The van der Waals surface area contributed by atoms with Crippen LogP contribution in [0.4, 0.5) is 11.8 Å². The molecule has 18 heavy (non-hydrogen) atoms. The average Bonchev–Trinajstić information content (AvgIpc) is 2.97. The van der Waals surface area contributed by atoms with E-state index in [9.17, 15) is 10.1 Å². The number of anilines is 1. The van der Waals surface area contributed by atoms with Crippen molar-refractivity contribution in [3.63, 3.8) is 0 Å². The van der Waals surface area contributed by atoms with Gasteiger partial charge in [-0.3, -0.25) is 0 Å². The molecule has 3 aromatic rings. The number of aromatic nitrogens is 9. The van der Waals surface area contributed by atoms with E-state index in [0.29, 0.717) is 0 Å². The van der Waals surface area contributed by atoms with E-state index in [1.54, 1.807) is 0 Å². The number of aromatic amines is 1. The van der Waals surface area contributed by atoms with Crippen molar-refractivity contribution in [2.45, 2.75) is 0 Å². The number of hydrogen-bond acceptors (Lipinski definition) is 10. The van der Waals surface area contributed by atoms with Gasteiger partial charge in [-0.05, 0) is 15.1 Å². The SMILES string of the molecule is Nc1c(-c2nn[nH]n2)nnc2nc([N+](=O)[O-])nn12. The maximum Gasteiger partial charge on any atom is 0.493 e. The number of hydrogen-bond donors (Lipinski definition) is 2. The molecule has 0 bridgehead atoms. The largest absolute Gasteiger partial charge is 0.493 e. The fourth-order valence-corrected chi connectivity index (χ4v) is 1.26. The lowest BCUT2D eigenvalue weighted by Crippen LogP contribution is -2.06. The predicted molar refractivity (Wildman–Crippen MR) is 52.8 cm³/mol. The molecule has 0 spiro atoms. The number of fused-ring (bicyclic) bond motifs is 1. The Bertz CT molecular complexity index is 729. The Morgan fingerprint density at radius 1 is 1.33 bits per heavy atom. The summed E-state index contributed by atoms with van der Waals surface area (Å²) in [5, 5.41) is 34.4. The van der Waals surface area contributed by atoms with E-state index in [1.165, 1.54) is 0 Å². The van der Waals surface area contributed by atoms with Gasteiger partial charge in [-0.1, -0.05) is 9.61 Å². The summed E-state index contributed by atoms with van der Waals surface area (Å²) < 4.78 is 0.983. The van der Waals surface area contributed by atoms with Crippen molar-refractivity contribution in [3.8, 4) is 11.5 Å². The van der Waals surface area contributed by atoms with Crippen LogP contribution >= 0.6 is 0 Å². The van der Waals surface area contributed by atoms with E-state index in [2.05, 4.69) is 40.9 Å². The van der Waals surface area contributed by atoms with Crippen LogP contribution in [-0.4, -0.2) is 50.3 Å². The number of nitrogens with zero attached hydrogens (tertiary/aromatic N) is 9. The van der Waals surface area contributed by atoms with Crippen molar-refractivity contribution in [1.29, 1.82) is 0 Å². The molecule has 0 aliphatic heterocycles. The van der Waals surface area contributed by atoms with Gasteiger partial charge in [-0.2, -0.15) is 5.21 Å². The second kappa shape index (κ2) is 3.37. The van der Waals surface area contributed by atoms with Crippen LogP contribution in [0.1, 0.15) is 0 Å². The smallest absolute Gasteiger partial charge is 0.390 e. The van der Waals surface area contributed by atoms with Gasteiger partial charge in [0.25, 0.3) is 0 Å². The molecule has 0 aromatic carbocycles. The number of nitro groups is 1. The van der Waals surface area contributed by atoms with Gasteiger partial charge in [0.2, 0.25) is 5.82 Å². The normalized spacial score (nSPS) is 10.9. The Kier molecular flexibility index (Phi) is 1.86. The number of tetrazole rings is 1. The van der Waals surface area contributed by atoms with Crippen molar-refractivity contribution in [3.05, 3.63) is 10.1 Å². The maximum atomic E-state index is 10.5. The molecule has 0 saturated heterocycles. The maximum absolute atomic E-state index is 10.5. The molecule has 0 atom stereocenters. The Hall–Kier alpha value is -3.25. The zero-order valence-corrected chi connectivity index (χ0v) is 8.42. The third-order valence-corrected chi connectivity index (χ3v) is 2.01. The molecular formula is C5H3N11O2. The van der Waals surface area contributed by atoms with Crippen molar-refractivity contribution < 1.29 is 4.92 Å². The van der Waals surface area contributed by atoms with Crippen LogP contribution in [0.15, 0.2) is 0 Å². The number of rotatable bonds is 2. The minimum Gasteiger partial charge on any atom is -0.390 e. The molecule has 0 fully saturated rings. The van der Waals surface area contributed by atoms with Crippen LogP contribution in [0, 0.1) is 10.1 Å². The summed E-state index contributed by atoms with van der Waals surface area (Å²) in [5.41, 5.74) is 5.83. The number of H-pyrrole nitrogens is 1. The van der Waals surface area contributed by atoms with Gasteiger partial charge in [0.1, 0.15) is 0 Å². The van der Waals surface area contributed by atoms with Crippen LogP contribution < -0.4 is 5.73 Å². The lowest BCUT2D eigenvalue weighted by molar-refractivity contribution is -0.394. The summed E-state index contributed by atoms with van der Waals surface area (Å²) in [4.78, 5) is 13.3. The van der Waals surface area contributed by atoms with Gasteiger partial charge in [-0.25, -0.2) is 0 Å². The molecule has 3 N–H and O–H groups in total. The molecule has 0 amide bonds. The molecule has 0 aliphatic rings. The fraction of sp³-hybridized carbons (Fsp3) is 0. The lowest BCUT2D eigenvalue weighted by atomic mass is 10.4. The zero-order valence-electron chi connectivity index (χ0n) is 8.42. The van der Waals surface area contributed by atoms with Crippen LogP contribution in [0.5, 0.6) is 0 Å². The average molecular weight is 249 g/mol. The summed E-state index contributed by atoms with van der Waals surface area (Å²) in [7, 11) is 0. The first-order valence-electron chi connectivity index (χ1n) is 4.44. The topological polar surface area (TPSA) is 180 Å². The van der Waals surface area contributed by atoms with Crippen LogP contribution in [0.3, 0.4) is 0 Å². The first kappa shape index (κ1) is 9.94. The van der Waals surface area contributed by atoms with Gasteiger partial charge in [0.05, 0.1) is 0 Å². The molecule has 0 unspecified atom stereocenters. The summed E-state index contributed by atoms with van der Waals surface area (Å²) in [6.07, 6.45) is 0. The van der Waals surface area contributed by atoms with Crippen molar-refractivity contribution in [2.24, 2.45) is 0 Å². The highest BCUT2D eigenvalue weighted by molar-refractivity contribution is 5.64. The number of nitrogen functional groups attached to an aromatic ring is 1. The van der Waals surface area contributed by atoms with E-state index in [0.717, 1.165) is 4.52 Å².